The number of nitrogens with zero attached hydrogens (tertiary/aromatic N) is 3. The largest absolute Gasteiger partial charge is 0.364 e. The van der Waals surface area contributed by atoms with Gasteiger partial charge in [0.1, 0.15) is 6.26 Å². The molecule has 0 saturated heterocycles. The van der Waals surface area contributed by atoms with E-state index in [4.69, 9.17) is 4.52 Å². The summed E-state index contributed by atoms with van der Waals surface area (Å²) in [6.07, 6.45) is 8.91. The molecule has 2 aromatic heterocycles. The van der Waals surface area contributed by atoms with Gasteiger partial charge in [0.15, 0.2) is 0 Å². The molecule has 0 unspecified atom stereocenters. The van der Waals surface area contributed by atoms with Crippen molar-refractivity contribution in [2.24, 2.45) is 0 Å². The monoisotopic (exact) mass is 246 g/mol. The number of aromatic nitrogens is 3. The summed E-state index contributed by atoms with van der Waals surface area (Å²) in [7, 11) is 0. The molecular weight excluding hydrogens is 228 g/mol. The molecule has 2 heterocycles. The first-order valence-corrected chi connectivity index (χ1v) is 6.56. The molecule has 0 bridgehead atoms. The zero-order valence-electron chi connectivity index (χ0n) is 10.4. The molecule has 3 rings (SSSR count). The van der Waals surface area contributed by atoms with Gasteiger partial charge in [-0.1, -0.05) is 18.0 Å². The van der Waals surface area contributed by atoms with Crippen molar-refractivity contribution in [1.29, 1.82) is 0 Å². The van der Waals surface area contributed by atoms with E-state index >= 15 is 0 Å². The van der Waals surface area contributed by atoms with E-state index in [1.54, 1.807) is 6.26 Å². The Morgan fingerprint density at radius 3 is 2.83 bits per heavy atom. The normalized spacial score (nSPS) is 16.4. The highest BCUT2D eigenvalue weighted by Crippen LogP contribution is 2.28. The van der Waals surface area contributed by atoms with Crippen LogP contribution in [0.1, 0.15) is 43.1 Å². The summed E-state index contributed by atoms with van der Waals surface area (Å²) in [5.41, 5.74) is 2.01. The second-order valence-electron chi connectivity index (χ2n) is 4.82. The smallest absolute Gasteiger partial charge is 0.124 e. The third kappa shape index (κ3) is 2.61. The molecule has 5 heteroatoms. The molecule has 0 radical (unpaired) electrons. The molecule has 0 atom stereocenters. The van der Waals surface area contributed by atoms with Crippen LogP contribution in [0.3, 0.4) is 0 Å². The lowest BCUT2D eigenvalue weighted by Gasteiger charge is -2.08. The van der Waals surface area contributed by atoms with Crippen molar-refractivity contribution in [2.75, 3.05) is 0 Å². The van der Waals surface area contributed by atoms with Crippen molar-refractivity contribution in [3.05, 3.63) is 36.0 Å². The van der Waals surface area contributed by atoms with E-state index in [1.807, 2.05) is 6.07 Å². The Morgan fingerprint density at radius 1 is 1.22 bits per heavy atom. The van der Waals surface area contributed by atoms with E-state index in [9.17, 15) is 0 Å². The fourth-order valence-electron chi connectivity index (χ4n) is 2.49. The van der Waals surface area contributed by atoms with Crippen molar-refractivity contribution in [3.63, 3.8) is 0 Å². The molecule has 18 heavy (non-hydrogen) atoms. The molecule has 1 fully saturated rings. The highest BCUT2D eigenvalue weighted by Gasteiger charge is 2.17. The minimum absolute atomic E-state index is 0.620. The summed E-state index contributed by atoms with van der Waals surface area (Å²) in [4.78, 5) is 0. The molecule has 5 nitrogen and oxygen atoms in total. The van der Waals surface area contributed by atoms with Gasteiger partial charge in [0.25, 0.3) is 0 Å². The van der Waals surface area contributed by atoms with Crippen LogP contribution >= 0.6 is 0 Å². The molecule has 0 spiro atoms. The van der Waals surface area contributed by atoms with Crippen molar-refractivity contribution < 1.29 is 4.52 Å². The predicted molar refractivity (Wildman–Crippen MR) is 66.8 cm³/mol. The number of hydrogen-bond donors (Lipinski definition) is 1. The Labute approximate surface area is 106 Å². The average molecular weight is 246 g/mol. The van der Waals surface area contributed by atoms with Gasteiger partial charge in [0.05, 0.1) is 17.4 Å². The third-order valence-corrected chi connectivity index (χ3v) is 3.47. The second-order valence-corrected chi connectivity index (χ2v) is 4.82. The van der Waals surface area contributed by atoms with Gasteiger partial charge >= 0.3 is 0 Å². The van der Waals surface area contributed by atoms with Gasteiger partial charge in [-0.05, 0) is 18.9 Å². The molecule has 1 aliphatic rings. The van der Waals surface area contributed by atoms with Crippen LogP contribution in [0.15, 0.2) is 29.1 Å². The lowest BCUT2D eigenvalue weighted by Crippen LogP contribution is -2.14. The Kier molecular flexibility index (Phi) is 3.41. The van der Waals surface area contributed by atoms with E-state index in [0.29, 0.717) is 12.6 Å². The van der Waals surface area contributed by atoms with Crippen molar-refractivity contribution in [2.45, 2.75) is 44.8 Å². The summed E-state index contributed by atoms with van der Waals surface area (Å²) in [5.74, 6) is 0. The van der Waals surface area contributed by atoms with Gasteiger partial charge in [0, 0.05) is 25.4 Å². The van der Waals surface area contributed by atoms with Gasteiger partial charge in [-0.3, -0.25) is 4.68 Å². The van der Waals surface area contributed by atoms with Crippen molar-refractivity contribution in [1.82, 2.24) is 20.3 Å². The van der Waals surface area contributed by atoms with E-state index in [2.05, 4.69) is 32.5 Å². The summed E-state index contributed by atoms with van der Waals surface area (Å²) >= 11 is 0. The highest BCUT2D eigenvalue weighted by atomic mass is 16.5. The number of nitrogens with one attached hydrogen (secondary N) is 1. The molecule has 96 valence electrons. The van der Waals surface area contributed by atoms with Crippen LogP contribution in [-0.2, 0) is 13.1 Å². The number of rotatable bonds is 5. The SMILES string of the molecule is c1cc(CNCc2ccn(C3CCCC3)n2)no1. The van der Waals surface area contributed by atoms with E-state index < -0.39 is 0 Å². The van der Waals surface area contributed by atoms with Crippen LogP contribution in [0, 0.1) is 0 Å². The predicted octanol–water partition coefficient (Wildman–Crippen LogP) is 2.28. The average Bonchev–Trinajstić information content (AvgIpc) is 3.12. The fraction of sp³-hybridized carbons (Fsp3) is 0.538. The van der Waals surface area contributed by atoms with Gasteiger partial charge < -0.3 is 9.84 Å². The second kappa shape index (κ2) is 5.35. The standard InChI is InChI=1S/C13H18N4O/c1-2-4-13(3-1)17-7-5-11(15-17)9-14-10-12-6-8-18-16-12/h5-8,13-14H,1-4,9-10H2. The minimum atomic E-state index is 0.620. The van der Waals surface area contributed by atoms with E-state index in [-0.39, 0.29) is 0 Å². The summed E-state index contributed by atoms with van der Waals surface area (Å²) in [6.45, 7) is 1.49. The van der Waals surface area contributed by atoms with Crippen LogP contribution in [0.25, 0.3) is 0 Å². The lowest BCUT2D eigenvalue weighted by atomic mass is 10.3. The van der Waals surface area contributed by atoms with Gasteiger partial charge in [-0.2, -0.15) is 5.10 Å². The van der Waals surface area contributed by atoms with Crippen LogP contribution in [0.5, 0.6) is 0 Å². The zero-order valence-corrected chi connectivity index (χ0v) is 10.4. The van der Waals surface area contributed by atoms with Crippen molar-refractivity contribution >= 4 is 0 Å². The maximum absolute atomic E-state index is 4.78. The van der Waals surface area contributed by atoms with Crippen LogP contribution in [0.4, 0.5) is 0 Å². The fourth-order valence-corrected chi connectivity index (χ4v) is 2.49. The molecule has 0 aromatic carbocycles. The maximum atomic E-state index is 4.78. The first kappa shape index (κ1) is 11.5. The molecule has 2 aromatic rings. The van der Waals surface area contributed by atoms with Crippen LogP contribution in [-0.4, -0.2) is 14.9 Å². The van der Waals surface area contributed by atoms with Crippen LogP contribution in [0.2, 0.25) is 0 Å². The Morgan fingerprint density at radius 2 is 2.06 bits per heavy atom. The zero-order chi connectivity index (χ0) is 12.2. The first-order chi connectivity index (χ1) is 8.92. The molecule has 0 amide bonds. The van der Waals surface area contributed by atoms with Gasteiger partial charge in [-0.15, -0.1) is 0 Å². The first-order valence-electron chi connectivity index (χ1n) is 6.56. The van der Waals surface area contributed by atoms with E-state index in [1.165, 1.54) is 25.7 Å². The van der Waals surface area contributed by atoms with E-state index in [0.717, 1.165) is 17.9 Å². The minimum Gasteiger partial charge on any atom is -0.364 e. The molecule has 0 aliphatic heterocycles. The third-order valence-electron chi connectivity index (χ3n) is 3.47. The quantitative estimate of drug-likeness (QED) is 0.879. The Hall–Kier alpha value is -1.62. The highest BCUT2D eigenvalue weighted by molar-refractivity contribution is 5.01. The molecular formula is C13H18N4O. The summed E-state index contributed by atoms with van der Waals surface area (Å²) in [5, 5.41) is 11.8. The number of hydrogen-bond acceptors (Lipinski definition) is 4. The Bertz CT molecular complexity index is 471. The lowest BCUT2D eigenvalue weighted by molar-refractivity contribution is 0.408. The Balaban J connectivity index is 1.50. The van der Waals surface area contributed by atoms with Crippen LogP contribution < -0.4 is 5.32 Å². The molecule has 1 saturated carbocycles. The summed E-state index contributed by atoms with van der Waals surface area (Å²) < 4.78 is 6.90. The van der Waals surface area contributed by atoms with Gasteiger partial charge in [0.2, 0.25) is 0 Å². The maximum Gasteiger partial charge on any atom is 0.124 e. The topological polar surface area (TPSA) is 55.9 Å². The van der Waals surface area contributed by atoms with Crippen molar-refractivity contribution in [3.8, 4) is 0 Å². The van der Waals surface area contributed by atoms with Gasteiger partial charge in [-0.25, -0.2) is 0 Å². The molecule has 1 aliphatic carbocycles. The summed E-state index contributed by atoms with van der Waals surface area (Å²) in [6, 6.07) is 4.58. The molecule has 1 N–H and O–H groups in total.